The van der Waals surface area contributed by atoms with Gasteiger partial charge in [-0.1, -0.05) is 18.2 Å². The molecule has 1 N–H and O–H groups in total. The van der Waals surface area contributed by atoms with E-state index in [4.69, 9.17) is 0 Å². The Bertz CT molecular complexity index is 813. The summed E-state index contributed by atoms with van der Waals surface area (Å²) in [4.78, 5) is 18.1. The van der Waals surface area contributed by atoms with Crippen molar-refractivity contribution < 1.29 is 18.7 Å². The van der Waals surface area contributed by atoms with Crippen molar-refractivity contribution in [1.82, 2.24) is 9.88 Å². The number of carbonyl (C=O) groups is 1. The third-order valence-corrected chi connectivity index (χ3v) is 5.37. The fourth-order valence-corrected chi connectivity index (χ4v) is 4.28. The molecule has 130 valence electrons. The molecule has 0 saturated carbocycles. The van der Waals surface area contributed by atoms with E-state index in [0.717, 1.165) is 12.8 Å². The standard InChI is InChI=1S/C19H18F2N2O2/c20-16-6-2-1-4-14(16)18(24)23-12-7-8-13(23)11-19(25,10-12)15-5-3-9-22-17(15)21/h1-6,9,12-13,25H,7-8,10-11H2/t12-,13+,19?. The zero-order valence-corrected chi connectivity index (χ0v) is 13.5. The second kappa shape index (κ2) is 5.88. The maximum Gasteiger partial charge on any atom is 0.257 e. The van der Waals surface area contributed by atoms with Gasteiger partial charge in [-0.25, -0.2) is 9.37 Å². The third-order valence-electron chi connectivity index (χ3n) is 5.37. The van der Waals surface area contributed by atoms with Crippen molar-refractivity contribution in [2.45, 2.75) is 43.4 Å². The van der Waals surface area contributed by atoms with E-state index in [9.17, 15) is 18.7 Å². The monoisotopic (exact) mass is 344 g/mol. The summed E-state index contributed by atoms with van der Waals surface area (Å²) in [5.41, 5.74) is -1.14. The van der Waals surface area contributed by atoms with Crippen molar-refractivity contribution >= 4 is 5.91 Å². The number of hydrogen-bond acceptors (Lipinski definition) is 3. The Morgan fingerprint density at radius 1 is 1.12 bits per heavy atom. The van der Waals surface area contributed by atoms with Crippen LogP contribution in [-0.2, 0) is 5.60 Å². The van der Waals surface area contributed by atoms with Crippen molar-refractivity contribution in [3.63, 3.8) is 0 Å². The first-order valence-corrected chi connectivity index (χ1v) is 8.40. The van der Waals surface area contributed by atoms with Crippen LogP contribution < -0.4 is 0 Å². The van der Waals surface area contributed by atoms with Gasteiger partial charge >= 0.3 is 0 Å². The largest absolute Gasteiger partial charge is 0.385 e. The number of pyridine rings is 1. The SMILES string of the molecule is O=C(c1ccccc1F)N1[C@@H]2CC[C@H]1CC(O)(c1cccnc1F)C2. The van der Waals surface area contributed by atoms with Crippen LogP contribution in [0.5, 0.6) is 0 Å². The average Bonchev–Trinajstić information content (AvgIpc) is 2.87. The molecule has 2 saturated heterocycles. The first-order chi connectivity index (χ1) is 12.0. The van der Waals surface area contributed by atoms with Crippen molar-refractivity contribution in [2.24, 2.45) is 0 Å². The van der Waals surface area contributed by atoms with Gasteiger partial charge in [0.2, 0.25) is 5.95 Å². The second-order valence-corrected chi connectivity index (χ2v) is 6.86. The van der Waals surface area contributed by atoms with Crippen LogP contribution in [-0.4, -0.2) is 33.0 Å². The average molecular weight is 344 g/mol. The highest BCUT2D eigenvalue weighted by molar-refractivity contribution is 5.95. The lowest BCUT2D eigenvalue weighted by Crippen LogP contribution is -2.52. The minimum atomic E-state index is -1.35. The van der Waals surface area contributed by atoms with E-state index in [0.29, 0.717) is 0 Å². The number of amides is 1. The number of aromatic nitrogens is 1. The number of benzene rings is 1. The lowest BCUT2D eigenvalue weighted by molar-refractivity contribution is -0.0505. The Labute approximate surface area is 144 Å². The van der Waals surface area contributed by atoms with E-state index in [1.54, 1.807) is 23.1 Å². The number of aliphatic hydroxyl groups is 1. The van der Waals surface area contributed by atoms with Crippen LogP contribution in [0.15, 0.2) is 42.6 Å². The molecule has 2 fully saturated rings. The van der Waals surface area contributed by atoms with E-state index < -0.39 is 17.4 Å². The summed E-state index contributed by atoms with van der Waals surface area (Å²) in [5.74, 6) is -1.59. The fraction of sp³-hybridized carbons (Fsp3) is 0.368. The molecule has 0 radical (unpaired) electrons. The van der Waals surface area contributed by atoms with E-state index in [1.165, 1.54) is 24.4 Å². The number of rotatable bonds is 2. The van der Waals surface area contributed by atoms with Crippen LogP contribution in [0.3, 0.4) is 0 Å². The molecule has 4 nitrogen and oxygen atoms in total. The number of halogens is 2. The van der Waals surface area contributed by atoms with Crippen LogP contribution in [0.1, 0.15) is 41.6 Å². The molecule has 2 aliphatic heterocycles. The van der Waals surface area contributed by atoms with Crippen molar-refractivity contribution in [3.8, 4) is 0 Å². The smallest absolute Gasteiger partial charge is 0.257 e. The summed E-state index contributed by atoms with van der Waals surface area (Å²) in [6, 6.07) is 8.56. The maximum absolute atomic E-state index is 14.1. The molecular formula is C19H18F2N2O2. The molecule has 0 aliphatic carbocycles. The zero-order chi connectivity index (χ0) is 17.6. The van der Waals surface area contributed by atoms with E-state index in [-0.39, 0.29) is 42.0 Å². The van der Waals surface area contributed by atoms with Crippen LogP contribution in [0.2, 0.25) is 0 Å². The second-order valence-electron chi connectivity index (χ2n) is 6.86. The predicted octanol–water partition coefficient (Wildman–Crippen LogP) is 3.01. The molecule has 1 amide bonds. The van der Waals surface area contributed by atoms with Gasteiger partial charge in [-0.3, -0.25) is 4.79 Å². The van der Waals surface area contributed by atoms with Crippen LogP contribution in [0, 0.1) is 11.8 Å². The third kappa shape index (κ3) is 2.61. The Morgan fingerprint density at radius 3 is 2.44 bits per heavy atom. The molecule has 2 aliphatic rings. The summed E-state index contributed by atoms with van der Waals surface area (Å²) in [7, 11) is 0. The first kappa shape index (κ1) is 16.1. The Kier molecular flexibility index (Phi) is 3.80. The fourth-order valence-electron chi connectivity index (χ4n) is 4.28. The normalized spacial score (nSPS) is 28.2. The van der Waals surface area contributed by atoms with Crippen LogP contribution in [0.4, 0.5) is 8.78 Å². The van der Waals surface area contributed by atoms with Gasteiger partial charge in [-0.15, -0.1) is 0 Å². The summed E-state index contributed by atoms with van der Waals surface area (Å²) in [6.45, 7) is 0. The molecule has 25 heavy (non-hydrogen) atoms. The summed E-state index contributed by atoms with van der Waals surface area (Å²) >= 11 is 0. The number of hydrogen-bond donors (Lipinski definition) is 1. The highest BCUT2D eigenvalue weighted by atomic mass is 19.1. The van der Waals surface area contributed by atoms with Gasteiger partial charge in [0.05, 0.1) is 11.2 Å². The molecule has 3 heterocycles. The zero-order valence-electron chi connectivity index (χ0n) is 13.5. The highest BCUT2D eigenvalue weighted by Gasteiger charge is 2.51. The van der Waals surface area contributed by atoms with Gasteiger partial charge in [-0.05, 0) is 31.0 Å². The van der Waals surface area contributed by atoms with Crippen molar-refractivity contribution in [1.29, 1.82) is 0 Å². The Morgan fingerprint density at radius 2 is 1.80 bits per heavy atom. The van der Waals surface area contributed by atoms with Crippen molar-refractivity contribution in [2.75, 3.05) is 0 Å². The first-order valence-electron chi connectivity index (χ1n) is 8.40. The summed E-state index contributed by atoms with van der Waals surface area (Å²) < 4.78 is 28.1. The quantitative estimate of drug-likeness (QED) is 0.852. The molecule has 3 atom stereocenters. The lowest BCUT2D eigenvalue weighted by atomic mass is 9.80. The molecule has 2 aromatic rings. The number of carbonyl (C=O) groups excluding carboxylic acids is 1. The van der Waals surface area contributed by atoms with E-state index in [2.05, 4.69) is 4.98 Å². The maximum atomic E-state index is 14.1. The molecule has 1 aromatic carbocycles. The number of piperidine rings is 1. The van der Waals surface area contributed by atoms with E-state index >= 15 is 0 Å². The minimum absolute atomic E-state index is 0.0393. The van der Waals surface area contributed by atoms with Crippen molar-refractivity contribution in [3.05, 3.63) is 65.5 Å². The van der Waals surface area contributed by atoms with Gasteiger partial charge in [0, 0.05) is 36.7 Å². The van der Waals surface area contributed by atoms with Gasteiger partial charge in [0.15, 0.2) is 0 Å². The topological polar surface area (TPSA) is 53.4 Å². The van der Waals surface area contributed by atoms with Gasteiger partial charge in [0.25, 0.3) is 5.91 Å². The van der Waals surface area contributed by atoms with Gasteiger partial charge in [0.1, 0.15) is 5.82 Å². The molecule has 1 aromatic heterocycles. The molecule has 0 spiro atoms. The van der Waals surface area contributed by atoms with Crippen LogP contribution >= 0.6 is 0 Å². The van der Waals surface area contributed by atoms with E-state index in [1.807, 2.05) is 0 Å². The predicted molar refractivity (Wildman–Crippen MR) is 86.7 cm³/mol. The van der Waals surface area contributed by atoms with Gasteiger partial charge in [-0.2, -0.15) is 4.39 Å². The molecule has 4 rings (SSSR count). The molecule has 1 unspecified atom stereocenters. The Hall–Kier alpha value is -2.34. The Balaban J connectivity index is 1.64. The molecule has 2 bridgehead atoms. The van der Waals surface area contributed by atoms with Gasteiger partial charge < -0.3 is 10.0 Å². The number of nitrogens with zero attached hydrogens (tertiary/aromatic N) is 2. The molecular weight excluding hydrogens is 326 g/mol. The molecule has 6 heteroatoms. The minimum Gasteiger partial charge on any atom is -0.385 e. The number of fused-ring (bicyclic) bond motifs is 2. The van der Waals surface area contributed by atoms with Crippen LogP contribution in [0.25, 0.3) is 0 Å². The highest BCUT2D eigenvalue weighted by Crippen LogP contribution is 2.46. The summed E-state index contributed by atoms with van der Waals surface area (Å²) in [5, 5.41) is 11.0. The lowest BCUT2D eigenvalue weighted by Gasteiger charge is -2.44. The summed E-state index contributed by atoms with van der Waals surface area (Å²) in [6.07, 6.45) is 3.23.